The fourth-order valence-corrected chi connectivity index (χ4v) is 6.98. The van der Waals surface area contributed by atoms with Gasteiger partial charge in [0.2, 0.25) is 0 Å². The smallest absolute Gasteiger partial charge is 0.148 e. The van der Waals surface area contributed by atoms with Crippen molar-refractivity contribution in [1.29, 1.82) is 0 Å². The average Bonchev–Trinajstić information content (AvgIpc) is 3.78. The molecule has 50 heavy (non-hydrogen) atoms. The number of nitrogens with zero attached hydrogens (tertiary/aromatic N) is 4. The quantitative estimate of drug-likeness (QED) is 0.132. The first kappa shape index (κ1) is 37.1. The average molecular weight is 845 g/mol. The van der Waals surface area contributed by atoms with E-state index < -0.39 is 0 Å². The van der Waals surface area contributed by atoms with E-state index in [0.29, 0.717) is 30.1 Å². The van der Waals surface area contributed by atoms with E-state index in [1.807, 2.05) is 36.8 Å². The van der Waals surface area contributed by atoms with Gasteiger partial charge >= 0.3 is 0 Å². The minimum absolute atomic E-state index is 0. The topological polar surface area (TPSA) is 55.9 Å². The van der Waals surface area contributed by atoms with Crippen LogP contribution in [0.4, 0.5) is 0 Å². The molecular weight excluding hydrogens is 796 g/mol. The number of para-hydroxylation sites is 3. The number of aryl methyl sites for hydroxylation is 2. The van der Waals surface area contributed by atoms with Crippen molar-refractivity contribution in [1.82, 2.24) is 19.1 Å². The van der Waals surface area contributed by atoms with Crippen molar-refractivity contribution in [3.8, 4) is 39.9 Å². The molecule has 0 aliphatic rings. The van der Waals surface area contributed by atoms with E-state index in [2.05, 4.69) is 131 Å². The maximum Gasteiger partial charge on any atom is 0.148 e. The number of phenols is 1. The SMILES string of the molecule is CC(C)c1cccc(C(C)C)c1-n1ccnc1-c1[c-]c(CCc2cccc(-c3nccn3-c3c(C(C)C)cccc3C(C)C)c2O)ccc1.[Pt]. The first-order chi connectivity index (χ1) is 23.6. The molecule has 1 N–H and O–H groups in total. The number of aromatic hydroxyl groups is 1. The molecule has 0 radical (unpaired) electrons. The van der Waals surface area contributed by atoms with Crippen LogP contribution >= 0.6 is 0 Å². The number of imidazole rings is 2. The Balaban J connectivity index is 0.00000486. The standard InChI is InChI=1S/C44H49N4O.Pt/c1-28(2)35-16-11-17-36(29(3)4)40(35)47-25-23-45-43(47)34-15-9-13-32(27-34)21-22-33-14-10-20-39(42(33)49)44-46-24-26-48(44)41-37(30(5)6)18-12-19-38(41)31(7)8;/h9-20,23-26,28-31,49H,21-22H2,1-8H3;/q-1;. The zero-order valence-corrected chi connectivity index (χ0v) is 32.8. The van der Waals surface area contributed by atoms with Gasteiger partial charge in [0.1, 0.15) is 11.6 Å². The molecule has 262 valence electrons. The van der Waals surface area contributed by atoms with E-state index in [-0.39, 0.29) is 26.8 Å². The molecular formula is C44H49N4OPt-. The van der Waals surface area contributed by atoms with Gasteiger partial charge in [-0.25, -0.2) is 4.98 Å². The Morgan fingerprint density at radius 3 is 1.56 bits per heavy atom. The van der Waals surface area contributed by atoms with E-state index >= 15 is 0 Å². The van der Waals surface area contributed by atoms with Gasteiger partial charge in [-0.15, -0.1) is 35.4 Å². The Bertz CT molecular complexity index is 2010. The largest absolute Gasteiger partial charge is 0.507 e. The molecule has 0 fully saturated rings. The maximum absolute atomic E-state index is 11.7. The summed E-state index contributed by atoms with van der Waals surface area (Å²) in [4.78, 5) is 9.61. The Morgan fingerprint density at radius 1 is 0.580 bits per heavy atom. The zero-order chi connectivity index (χ0) is 34.8. The van der Waals surface area contributed by atoms with E-state index in [0.717, 1.165) is 46.0 Å². The first-order valence-electron chi connectivity index (χ1n) is 17.7. The number of benzene rings is 4. The van der Waals surface area contributed by atoms with Gasteiger partial charge in [0.05, 0.1) is 17.1 Å². The monoisotopic (exact) mass is 844 g/mol. The summed E-state index contributed by atoms with van der Waals surface area (Å²) in [6.07, 6.45) is 9.20. The van der Waals surface area contributed by atoms with Crippen LogP contribution in [-0.4, -0.2) is 24.2 Å². The van der Waals surface area contributed by atoms with Gasteiger partial charge in [-0.1, -0.05) is 104 Å². The van der Waals surface area contributed by atoms with E-state index in [1.165, 1.54) is 27.9 Å². The fourth-order valence-electron chi connectivity index (χ4n) is 6.98. The van der Waals surface area contributed by atoms with Gasteiger partial charge in [0.25, 0.3) is 0 Å². The first-order valence-corrected chi connectivity index (χ1v) is 17.7. The minimum atomic E-state index is 0. The van der Waals surface area contributed by atoms with Crippen LogP contribution in [0.3, 0.4) is 0 Å². The van der Waals surface area contributed by atoms with Gasteiger partial charge in [0.15, 0.2) is 0 Å². The molecule has 0 amide bonds. The van der Waals surface area contributed by atoms with Crippen molar-refractivity contribution >= 4 is 0 Å². The van der Waals surface area contributed by atoms with Crippen molar-refractivity contribution in [3.05, 3.63) is 137 Å². The number of hydrogen-bond acceptors (Lipinski definition) is 3. The summed E-state index contributed by atoms with van der Waals surface area (Å²) in [5, 5.41) is 11.7. The van der Waals surface area contributed by atoms with Gasteiger partial charge in [-0.2, -0.15) is 0 Å². The number of phenolic OH excluding ortho intramolecular Hbond substituents is 1. The summed E-state index contributed by atoms with van der Waals surface area (Å²) in [7, 11) is 0. The molecule has 5 nitrogen and oxygen atoms in total. The van der Waals surface area contributed by atoms with Crippen molar-refractivity contribution in [3.63, 3.8) is 0 Å². The Hall–Kier alpha value is -4.21. The molecule has 0 atom stereocenters. The molecule has 4 aromatic carbocycles. The summed E-state index contributed by atoms with van der Waals surface area (Å²) in [6, 6.07) is 29.2. The second-order valence-corrected chi connectivity index (χ2v) is 14.3. The van der Waals surface area contributed by atoms with Crippen LogP contribution < -0.4 is 0 Å². The molecule has 0 saturated heterocycles. The van der Waals surface area contributed by atoms with Crippen LogP contribution in [0.25, 0.3) is 34.2 Å². The van der Waals surface area contributed by atoms with Crippen molar-refractivity contribution in [2.75, 3.05) is 0 Å². The van der Waals surface area contributed by atoms with Crippen LogP contribution in [0.2, 0.25) is 0 Å². The molecule has 6 heteroatoms. The number of aromatic nitrogens is 4. The Kier molecular flexibility index (Phi) is 11.7. The third kappa shape index (κ3) is 7.30. The summed E-state index contributed by atoms with van der Waals surface area (Å²) in [6.45, 7) is 17.9. The van der Waals surface area contributed by atoms with E-state index in [1.54, 1.807) is 0 Å². The predicted octanol–water partition coefficient (Wildman–Crippen LogP) is 11.2. The van der Waals surface area contributed by atoms with Crippen LogP contribution in [0, 0.1) is 6.07 Å². The molecule has 6 rings (SSSR count). The van der Waals surface area contributed by atoms with Crippen molar-refractivity contribution in [2.45, 2.75) is 91.9 Å². The van der Waals surface area contributed by atoms with Crippen LogP contribution in [0.15, 0.2) is 97.6 Å². The summed E-state index contributed by atoms with van der Waals surface area (Å²) in [5.41, 5.74) is 11.2. The molecule has 0 bridgehead atoms. The third-order valence-electron chi connectivity index (χ3n) is 9.57. The van der Waals surface area contributed by atoms with Gasteiger partial charge in [-0.3, -0.25) is 9.55 Å². The van der Waals surface area contributed by atoms with Gasteiger partial charge < -0.3 is 9.67 Å². The molecule has 0 saturated carbocycles. The minimum Gasteiger partial charge on any atom is -0.507 e. The van der Waals surface area contributed by atoms with Gasteiger partial charge in [-0.05, 0) is 70.4 Å². The Morgan fingerprint density at radius 2 is 1.04 bits per heavy atom. The molecule has 2 aromatic heterocycles. The molecule has 0 spiro atoms. The second kappa shape index (κ2) is 15.8. The second-order valence-electron chi connectivity index (χ2n) is 14.3. The predicted molar refractivity (Wildman–Crippen MR) is 202 cm³/mol. The van der Waals surface area contributed by atoms with E-state index in [9.17, 15) is 5.11 Å². The molecule has 0 aliphatic heterocycles. The third-order valence-corrected chi connectivity index (χ3v) is 9.57. The van der Waals surface area contributed by atoms with Crippen LogP contribution in [-0.2, 0) is 33.9 Å². The summed E-state index contributed by atoms with van der Waals surface area (Å²) in [5.74, 6) is 3.35. The normalized spacial score (nSPS) is 11.6. The molecule has 0 aliphatic carbocycles. The molecule has 0 unspecified atom stereocenters. The molecule has 6 aromatic rings. The summed E-state index contributed by atoms with van der Waals surface area (Å²) >= 11 is 0. The van der Waals surface area contributed by atoms with Crippen LogP contribution in [0.1, 0.15) is 112 Å². The Labute approximate surface area is 312 Å². The van der Waals surface area contributed by atoms with Gasteiger partial charge in [0, 0.05) is 51.5 Å². The number of hydrogen-bond donors (Lipinski definition) is 1. The van der Waals surface area contributed by atoms with Crippen molar-refractivity contribution in [2.24, 2.45) is 0 Å². The van der Waals surface area contributed by atoms with Crippen molar-refractivity contribution < 1.29 is 26.2 Å². The van der Waals surface area contributed by atoms with Crippen LogP contribution in [0.5, 0.6) is 5.75 Å². The number of rotatable bonds is 11. The summed E-state index contributed by atoms with van der Waals surface area (Å²) < 4.78 is 4.39. The fraction of sp³-hybridized carbons (Fsp3) is 0.318. The van der Waals surface area contributed by atoms with E-state index in [4.69, 9.17) is 9.97 Å². The molecule has 2 heterocycles. The maximum atomic E-state index is 11.7. The zero-order valence-electron chi connectivity index (χ0n) is 30.5.